The van der Waals surface area contributed by atoms with Gasteiger partial charge in [-0.1, -0.05) is 19.3 Å². The van der Waals surface area contributed by atoms with Crippen molar-refractivity contribution in [3.63, 3.8) is 0 Å². The number of nitrogens with zero attached hydrogens (tertiary/aromatic N) is 2. The zero-order valence-electron chi connectivity index (χ0n) is 11.8. The first-order valence-electron chi connectivity index (χ1n) is 7.63. The quantitative estimate of drug-likeness (QED) is 0.887. The molecule has 3 heteroatoms. The molecule has 1 aliphatic heterocycles. The van der Waals surface area contributed by atoms with Crippen molar-refractivity contribution >= 4 is 5.82 Å². The van der Waals surface area contributed by atoms with Gasteiger partial charge in [0.05, 0.1) is 6.10 Å². The third kappa shape index (κ3) is 2.76. The van der Waals surface area contributed by atoms with Gasteiger partial charge in [0.1, 0.15) is 5.82 Å². The molecule has 0 spiro atoms. The summed E-state index contributed by atoms with van der Waals surface area (Å²) in [7, 11) is 0. The average molecular weight is 260 g/mol. The van der Waals surface area contributed by atoms with Crippen LogP contribution in [0.2, 0.25) is 0 Å². The Labute approximate surface area is 115 Å². The van der Waals surface area contributed by atoms with E-state index in [0.717, 1.165) is 36.3 Å². The van der Waals surface area contributed by atoms with Crippen LogP contribution < -0.4 is 4.90 Å². The van der Waals surface area contributed by atoms with Crippen molar-refractivity contribution in [3.05, 3.63) is 23.9 Å². The fourth-order valence-electron chi connectivity index (χ4n) is 3.68. The number of pyridine rings is 1. The minimum absolute atomic E-state index is 0.408. The van der Waals surface area contributed by atoms with Crippen LogP contribution in [-0.2, 0) is 0 Å². The summed E-state index contributed by atoms with van der Waals surface area (Å²) in [6.07, 6.45) is 8.37. The molecule has 104 valence electrons. The highest BCUT2D eigenvalue weighted by atomic mass is 16.3. The van der Waals surface area contributed by atoms with Crippen molar-refractivity contribution in [2.24, 2.45) is 11.8 Å². The zero-order valence-corrected chi connectivity index (χ0v) is 11.8. The summed E-state index contributed by atoms with van der Waals surface area (Å²) >= 11 is 0. The van der Waals surface area contributed by atoms with Crippen LogP contribution in [0, 0.1) is 11.8 Å². The van der Waals surface area contributed by atoms with Gasteiger partial charge in [-0.15, -0.1) is 0 Å². The van der Waals surface area contributed by atoms with E-state index in [1.165, 1.54) is 32.1 Å². The minimum Gasteiger partial charge on any atom is -0.389 e. The maximum Gasteiger partial charge on any atom is 0.128 e. The molecular weight excluding hydrogens is 236 g/mol. The Balaban J connectivity index is 1.74. The van der Waals surface area contributed by atoms with Crippen LogP contribution >= 0.6 is 0 Å². The van der Waals surface area contributed by atoms with Gasteiger partial charge in [-0.3, -0.25) is 0 Å². The van der Waals surface area contributed by atoms with Gasteiger partial charge >= 0.3 is 0 Å². The number of rotatable bonds is 2. The average Bonchev–Trinajstić information content (AvgIpc) is 2.47. The molecule has 1 aliphatic carbocycles. The first-order valence-corrected chi connectivity index (χ1v) is 7.63. The van der Waals surface area contributed by atoms with E-state index in [4.69, 9.17) is 0 Å². The lowest BCUT2D eigenvalue weighted by molar-refractivity contribution is 0.198. The molecule has 3 nitrogen and oxygen atoms in total. The molecule has 3 rings (SSSR count). The molecule has 0 amide bonds. The normalized spacial score (nSPS) is 28.8. The molecular formula is C16H24N2O. The first-order chi connectivity index (χ1) is 9.24. The zero-order chi connectivity index (χ0) is 13.2. The van der Waals surface area contributed by atoms with Crippen molar-refractivity contribution in [2.45, 2.75) is 45.1 Å². The number of aromatic nitrogens is 1. The molecule has 2 heterocycles. The van der Waals surface area contributed by atoms with Crippen molar-refractivity contribution in [1.29, 1.82) is 0 Å². The van der Waals surface area contributed by atoms with E-state index in [2.05, 4.69) is 9.88 Å². The van der Waals surface area contributed by atoms with Gasteiger partial charge < -0.3 is 10.0 Å². The topological polar surface area (TPSA) is 36.4 Å². The van der Waals surface area contributed by atoms with E-state index < -0.39 is 6.10 Å². The number of anilines is 1. The van der Waals surface area contributed by atoms with Crippen molar-refractivity contribution in [1.82, 2.24) is 4.98 Å². The number of fused-ring (bicyclic) bond motifs is 1. The van der Waals surface area contributed by atoms with Crippen LogP contribution in [0.15, 0.2) is 18.3 Å². The lowest BCUT2D eigenvalue weighted by Crippen LogP contribution is -2.42. The third-order valence-corrected chi connectivity index (χ3v) is 4.87. The Morgan fingerprint density at radius 2 is 2.05 bits per heavy atom. The van der Waals surface area contributed by atoms with Gasteiger partial charge in [-0.05, 0) is 49.3 Å². The molecule has 3 atom stereocenters. The Bertz CT molecular complexity index is 433. The summed E-state index contributed by atoms with van der Waals surface area (Å²) in [6, 6.07) is 3.95. The smallest absolute Gasteiger partial charge is 0.128 e. The Morgan fingerprint density at radius 3 is 2.84 bits per heavy atom. The van der Waals surface area contributed by atoms with Gasteiger partial charge in [-0.2, -0.15) is 0 Å². The van der Waals surface area contributed by atoms with E-state index in [-0.39, 0.29) is 0 Å². The SMILES string of the molecule is C[C@H](O)c1ccnc(N2CCC3CCCCC3C2)c1. The lowest BCUT2D eigenvalue weighted by Gasteiger charge is -2.41. The Kier molecular flexibility index (Phi) is 3.74. The maximum atomic E-state index is 9.69. The van der Waals surface area contributed by atoms with Crippen LogP contribution in [0.5, 0.6) is 0 Å². The molecule has 1 aromatic rings. The van der Waals surface area contributed by atoms with E-state index in [0.29, 0.717) is 0 Å². The Hall–Kier alpha value is -1.09. The molecule has 1 saturated heterocycles. The highest BCUT2D eigenvalue weighted by Crippen LogP contribution is 2.37. The van der Waals surface area contributed by atoms with Crippen molar-refractivity contribution in [2.75, 3.05) is 18.0 Å². The van der Waals surface area contributed by atoms with Crippen LogP contribution in [0.25, 0.3) is 0 Å². The van der Waals surface area contributed by atoms with Crippen molar-refractivity contribution in [3.8, 4) is 0 Å². The Morgan fingerprint density at radius 1 is 1.26 bits per heavy atom. The van der Waals surface area contributed by atoms with E-state index in [1.54, 1.807) is 0 Å². The minimum atomic E-state index is -0.408. The summed E-state index contributed by atoms with van der Waals surface area (Å²) in [6.45, 7) is 4.09. The molecule has 2 fully saturated rings. The first kappa shape index (κ1) is 12.9. The molecule has 19 heavy (non-hydrogen) atoms. The summed E-state index contributed by atoms with van der Waals surface area (Å²) < 4.78 is 0. The molecule has 2 aliphatic rings. The molecule has 0 aromatic carbocycles. The number of piperidine rings is 1. The number of hydrogen-bond donors (Lipinski definition) is 1. The standard InChI is InChI=1S/C16H24N2O/c1-12(19)14-6-8-17-16(10-14)18-9-7-13-4-2-3-5-15(13)11-18/h6,8,10,12-13,15,19H,2-5,7,9,11H2,1H3/t12-,13?,15?/m0/s1. The predicted octanol–water partition coefficient (Wildman–Crippen LogP) is 3.15. The van der Waals surface area contributed by atoms with E-state index in [9.17, 15) is 5.11 Å². The lowest BCUT2D eigenvalue weighted by atomic mass is 9.75. The second-order valence-electron chi connectivity index (χ2n) is 6.16. The van der Waals surface area contributed by atoms with Crippen LogP contribution in [0.4, 0.5) is 5.82 Å². The number of aliphatic hydroxyl groups excluding tert-OH is 1. The monoisotopic (exact) mass is 260 g/mol. The maximum absolute atomic E-state index is 9.69. The van der Waals surface area contributed by atoms with Crippen molar-refractivity contribution < 1.29 is 5.11 Å². The fourth-order valence-corrected chi connectivity index (χ4v) is 3.68. The molecule has 1 aromatic heterocycles. The summed E-state index contributed by atoms with van der Waals surface area (Å²) in [5.74, 6) is 2.85. The predicted molar refractivity (Wildman–Crippen MR) is 77.1 cm³/mol. The second kappa shape index (κ2) is 5.49. The second-order valence-corrected chi connectivity index (χ2v) is 6.16. The van der Waals surface area contributed by atoms with E-state index >= 15 is 0 Å². The van der Waals surface area contributed by atoms with Gasteiger partial charge in [0.15, 0.2) is 0 Å². The van der Waals surface area contributed by atoms with Crippen LogP contribution in [-0.4, -0.2) is 23.2 Å². The highest BCUT2D eigenvalue weighted by molar-refractivity contribution is 5.42. The summed E-state index contributed by atoms with van der Waals surface area (Å²) in [5.41, 5.74) is 0.968. The van der Waals surface area contributed by atoms with Crippen LogP contribution in [0.1, 0.15) is 50.7 Å². The molecule has 1 N–H and O–H groups in total. The van der Waals surface area contributed by atoms with Gasteiger partial charge in [-0.25, -0.2) is 4.98 Å². The van der Waals surface area contributed by atoms with Gasteiger partial charge in [0, 0.05) is 19.3 Å². The number of aliphatic hydroxyl groups is 1. The molecule has 2 unspecified atom stereocenters. The van der Waals surface area contributed by atoms with E-state index in [1.807, 2.05) is 25.3 Å². The largest absolute Gasteiger partial charge is 0.389 e. The van der Waals surface area contributed by atoms with Gasteiger partial charge in [0.2, 0.25) is 0 Å². The molecule has 0 radical (unpaired) electrons. The number of hydrogen-bond acceptors (Lipinski definition) is 3. The summed E-state index contributed by atoms with van der Waals surface area (Å²) in [4.78, 5) is 6.91. The summed E-state index contributed by atoms with van der Waals surface area (Å²) in [5, 5.41) is 9.69. The van der Waals surface area contributed by atoms with Crippen LogP contribution in [0.3, 0.4) is 0 Å². The molecule has 1 saturated carbocycles. The highest BCUT2D eigenvalue weighted by Gasteiger charge is 2.31. The fraction of sp³-hybridized carbons (Fsp3) is 0.688. The third-order valence-electron chi connectivity index (χ3n) is 4.87. The van der Waals surface area contributed by atoms with Gasteiger partial charge in [0.25, 0.3) is 0 Å². The molecule has 0 bridgehead atoms.